The molecule has 1 nitrogen and oxygen atoms in total. The van der Waals surface area contributed by atoms with E-state index in [2.05, 4.69) is 13.8 Å². The van der Waals surface area contributed by atoms with Crippen LogP contribution in [0.5, 0.6) is 0 Å². The zero-order valence-corrected chi connectivity index (χ0v) is 11.4. The molecule has 3 unspecified atom stereocenters. The highest BCUT2D eigenvalue weighted by atomic mass is 14.9. The van der Waals surface area contributed by atoms with E-state index in [0.717, 1.165) is 35.0 Å². The van der Waals surface area contributed by atoms with Crippen LogP contribution in [0.4, 0.5) is 0 Å². The van der Waals surface area contributed by atoms with E-state index in [1.165, 1.54) is 6.42 Å². The van der Waals surface area contributed by atoms with Crippen LogP contribution in [-0.2, 0) is 0 Å². The van der Waals surface area contributed by atoms with Crippen molar-refractivity contribution in [1.82, 2.24) is 0 Å². The van der Waals surface area contributed by atoms with E-state index >= 15 is 0 Å². The van der Waals surface area contributed by atoms with Gasteiger partial charge in [0.15, 0.2) is 0 Å². The molecule has 4 bridgehead atoms. The first kappa shape index (κ1) is 10.8. The van der Waals surface area contributed by atoms with Crippen LogP contribution >= 0.6 is 0 Å². The van der Waals surface area contributed by atoms with E-state index in [-0.39, 0.29) is 5.54 Å². The molecule has 1 heteroatoms. The van der Waals surface area contributed by atoms with Crippen molar-refractivity contribution < 1.29 is 0 Å². The smallest absolute Gasteiger partial charge is 0.0161 e. The van der Waals surface area contributed by atoms with E-state index < -0.39 is 0 Å². The van der Waals surface area contributed by atoms with Crippen molar-refractivity contribution in [2.75, 3.05) is 0 Å². The Balaban J connectivity index is 1.60. The molecular weight excluding hydrogens is 206 g/mol. The van der Waals surface area contributed by atoms with Gasteiger partial charge in [0.1, 0.15) is 0 Å². The molecule has 5 rings (SSSR count). The predicted molar refractivity (Wildman–Crippen MR) is 70.5 cm³/mol. The molecule has 5 aliphatic rings. The van der Waals surface area contributed by atoms with Crippen LogP contribution in [0, 0.1) is 35.0 Å². The van der Waals surface area contributed by atoms with Gasteiger partial charge in [0.05, 0.1) is 0 Å². The quantitative estimate of drug-likeness (QED) is 0.775. The molecule has 5 fully saturated rings. The van der Waals surface area contributed by atoms with E-state index in [9.17, 15) is 0 Å². The molecule has 5 aliphatic carbocycles. The lowest BCUT2D eigenvalue weighted by Gasteiger charge is -2.59. The number of rotatable bonds is 2. The van der Waals surface area contributed by atoms with Crippen LogP contribution in [0.3, 0.4) is 0 Å². The summed E-state index contributed by atoms with van der Waals surface area (Å²) < 4.78 is 0. The predicted octanol–water partition coefficient (Wildman–Crippen LogP) is 3.58. The van der Waals surface area contributed by atoms with Gasteiger partial charge in [-0.05, 0) is 86.9 Å². The first-order chi connectivity index (χ1) is 7.98. The average molecular weight is 233 g/mol. The minimum absolute atomic E-state index is 0.183. The summed E-state index contributed by atoms with van der Waals surface area (Å²) in [5.41, 5.74) is 7.23. The Hall–Kier alpha value is -0.0400. The molecule has 5 saturated carbocycles. The molecule has 0 aromatic carbocycles. The van der Waals surface area contributed by atoms with Gasteiger partial charge in [0.2, 0.25) is 0 Å². The highest BCUT2D eigenvalue weighted by Gasteiger charge is 2.60. The second-order valence-corrected chi connectivity index (χ2v) is 8.39. The van der Waals surface area contributed by atoms with E-state index in [1.807, 2.05) is 0 Å². The van der Waals surface area contributed by atoms with Gasteiger partial charge in [0, 0.05) is 5.54 Å². The van der Waals surface area contributed by atoms with E-state index in [4.69, 9.17) is 5.73 Å². The van der Waals surface area contributed by atoms with Crippen LogP contribution in [0.25, 0.3) is 0 Å². The van der Waals surface area contributed by atoms with Crippen LogP contribution in [0.1, 0.15) is 58.8 Å². The lowest BCUT2D eigenvalue weighted by Crippen LogP contribution is -2.50. The van der Waals surface area contributed by atoms with Crippen molar-refractivity contribution in [1.29, 1.82) is 0 Å². The molecule has 0 aliphatic heterocycles. The van der Waals surface area contributed by atoms with Crippen molar-refractivity contribution in [2.45, 2.75) is 64.3 Å². The maximum Gasteiger partial charge on any atom is 0.0161 e. The third-order valence-corrected chi connectivity index (χ3v) is 7.00. The van der Waals surface area contributed by atoms with Gasteiger partial charge in [-0.2, -0.15) is 0 Å². The Kier molecular flexibility index (Phi) is 1.98. The maximum absolute atomic E-state index is 6.33. The van der Waals surface area contributed by atoms with Crippen LogP contribution in [0.15, 0.2) is 0 Å². The molecule has 0 saturated heterocycles. The van der Waals surface area contributed by atoms with E-state index in [1.54, 1.807) is 38.5 Å². The normalized spacial score (nSPS) is 61.6. The van der Waals surface area contributed by atoms with Gasteiger partial charge >= 0.3 is 0 Å². The Morgan fingerprint density at radius 2 is 1.35 bits per heavy atom. The van der Waals surface area contributed by atoms with Crippen LogP contribution in [-0.4, -0.2) is 5.54 Å². The Bertz CT molecular complexity index is 308. The second-order valence-electron chi connectivity index (χ2n) is 8.39. The van der Waals surface area contributed by atoms with Crippen LogP contribution < -0.4 is 5.73 Å². The van der Waals surface area contributed by atoms with Gasteiger partial charge in [0.25, 0.3) is 0 Å². The summed E-state index contributed by atoms with van der Waals surface area (Å²) in [7, 11) is 0. The molecule has 3 atom stereocenters. The van der Waals surface area contributed by atoms with Gasteiger partial charge in [-0.15, -0.1) is 0 Å². The molecule has 2 N–H and O–H groups in total. The third-order valence-electron chi connectivity index (χ3n) is 7.00. The Morgan fingerprint density at radius 1 is 0.941 bits per heavy atom. The number of nitrogens with two attached hydrogens (primary N) is 1. The summed E-state index contributed by atoms with van der Waals surface area (Å²) in [6, 6.07) is 0. The van der Waals surface area contributed by atoms with E-state index in [0.29, 0.717) is 0 Å². The van der Waals surface area contributed by atoms with Crippen molar-refractivity contribution in [2.24, 2.45) is 40.7 Å². The fourth-order valence-electron chi connectivity index (χ4n) is 6.32. The maximum atomic E-state index is 6.33. The first-order valence-electron chi connectivity index (χ1n) is 7.77. The lowest BCUT2D eigenvalue weighted by atomic mass is 9.46. The zero-order chi connectivity index (χ0) is 11.8. The highest BCUT2D eigenvalue weighted by Crippen LogP contribution is 2.66. The minimum Gasteiger partial charge on any atom is -0.325 e. The minimum atomic E-state index is 0.183. The molecule has 96 valence electrons. The van der Waals surface area contributed by atoms with Crippen molar-refractivity contribution in [3.8, 4) is 0 Å². The van der Waals surface area contributed by atoms with Gasteiger partial charge < -0.3 is 5.73 Å². The van der Waals surface area contributed by atoms with Crippen LogP contribution in [0.2, 0.25) is 0 Å². The monoisotopic (exact) mass is 233 g/mol. The summed E-state index contributed by atoms with van der Waals surface area (Å²) in [6.07, 6.45) is 10.6. The molecule has 0 heterocycles. The van der Waals surface area contributed by atoms with Gasteiger partial charge in [-0.1, -0.05) is 6.92 Å². The van der Waals surface area contributed by atoms with Gasteiger partial charge in [-0.3, -0.25) is 0 Å². The second kappa shape index (κ2) is 3.10. The van der Waals surface area contributed by atoms with Crippen molar-refractivity contribution in [3.05, 3.63) is 0 Å². The number of hydrogen-bond donors (Lipinski definition) is 1. The fourth-order valence-corrected chi connectivity index (χ4v) is 6.32. The van der Waals surface area contributed by atoms with Crippen molar-refractivity contribution >= 4 is 0 Å². The lowest BCUT2D eigenvalue weighted by molar-refractivity contribution is -0.0893. The largest absolute Gasteiger partial charge is 0.325 e. The summed E-state index contributed by atoms with van der Waals surface area (Å²) in [6.45, 7) is 4.81. The zero-order valence-electron chi connectivity index (χ0n) is 11.4. The third kappa shape index (κ3) is 1.47. The molecule has 17 heavy (non-hydrogen) atoms. The average Bonchev–Trinajstić information content (AvgIpc) is 2.84. The fraction of sp³-hybridized carbons (Fsp3) is 1.00. The molecule has 0 radical (unpaired) electrons. The molecular formula is C16H27N. The molecule has 0 amide bonds. The topological polar surface area (TPSA) is 26.0 Å². The molecule has 0 aromatic heterocycles. The standard InChI is InChI=1S/C16H27N/c1-10(14-9-15(14,2)17)16-6-11-3-12(7-16)5-13(4-11)8-16/h10-14H,3-9,17H2,1-2H3. The Labute approximate surface area is 106 Å². The highest BCUT2D eigenvalue weighted by molar-refractivity contribution is 5.13. The summed E-state index contributed by atoms with van der Waals surface area (Å²) in [5, 5.41) is 0. The molecule has 0 aromatic rings. The molecule has 0 spiro atoms. The SMILES string of the molecule is CC(C1CC1(C)N)C12CC3CC(CC(C3)C1)C2. The van der Waals surface area contributed by atoms with Gasteiger partial charge in [-0.25, -0.2) is 0 Å². The first-order valence-corrected chi connectivity index (χ1v) is 7.77. The number of hydrogen-bond acceptors (Lipinski definition) is 1. The Morgan fingerprint density at radius 3 is 1.71 bits per heavy atom. The summed E-state index contributed by atoms with van der Waals surface area (Å²) >= 11 is 0. The summed E-state index contributed by atoms with van der Waals surface area (Å²) in [4.78, 5) is 0. The van der Waals surface area contributed by atoms with Crippen molar-refractivity contribution in [3.63, 3.8) is 0 Å². The summed E-state index contributed by atoms with van der Waals surface area (Å²) in [5.74, 6) is 4.99.